The number of carbonyl (C=O) groups is 2. The lowest BCUT2D eigenvalue weighted by atomic mass is 10.1. The minimum atomic E-state index is -0.358. The number of hydrogen-bond donors (Lipinski definition) is 2. The van der Waals surface area contributed by atoms with Crippen molar-refractivity contribution < 1.29 is 14.3 Å². The van der Waals surface area contributed by atoms with Crippen LogP contribution in [0.5, 0.6) is 0 Å². The van der Waals surface area contributed by atoms with Gasteiger partial charge in [0.05, 0.1) is 12.7 Å². The molecular weight excluding hydrogens is 324 g/mol. The summed E-state index contributed by atoms with van der Waals surface area (Å²) in [7, 11) is 1.38. The lowest BCUT2D eigenvalue weighted by Gasteiger charge is -2.07. The second-order valence-electron chi connectivity index (χ2n) is 5.20. The number of carbonyl (C=O) groups excluding carboxylic acids is 2. The number of thiophene rings is 1. The molecule has 0 aromatic carbocycles. The fourth-order valence-corrected chi connectivity index (χ4v) is 3.89. The van der Waals surface area contributed by atoms with E-state index in [0.717, 1.165) is 31.2 Å². The first kappa shape index (κ1) is 18.9. The average Bonchev–Trinajstić information content (AvgIpc) is 2.66. The van der Waals surface area contributed by atoms with Crippen molar-refractivity contribution in [3.8, 4) is 0 Å². The first-order chi connectivity index (χ1) is 10.2. The molecule has 124 valence electrons. The number of aryl methyl sites for hydroxylation is 1. The highest BCUT2D eigenvalue weighted by atomic mass is 35.5. The molecule has 1 aromatic heterocycles. The van der Waals surface area contributed by atoms with E-state index in [1.54, 1.807) is 0 Å². The van der Waals surface area contributed by atoms with E-state index in [4.69, 9.17) is 10.5 Å². The summed E-state index contributed by atoms with van der Waals surface area (Å²) >= 11 is 1.52. The minimum Gasteiger partial charge on any atom is -0.465 e. The van der Waals surface area contributed by atoms with E-state index in [9.17, 15) is 9.59 Å². The van der Waals surface area contributed by atoms with Gasteiger partial charge in [-0.2, -0.15) is 0 Å². The van der Waals surface area contributed by atoms with Crippen molar-refractivity contribution in [2.24, 2.45) is 5.73 Å². The third-order valence-electron chi connectivity index (χ3n) is 3.67. The number of fused-ring (bicyclic) bond motifs is 1. The Hall–Kier alpha value is -1.11. The fourth-order valence-electron chi connectivity index (χ4n) is 2.60. The summed E-state index contributed by atoms with van der Waals surface area (Å²) in [6, 6.07) is 0. The summed E-state index contributed by atoms with van der Waals surface area (Å²) in [5.74, 6) is -0.453. The van der Waals surface area contributed by atoms with Crippen LogP contribution in [0, 0.1) is 0 Å². The van der Waals surface area contributed by atoms with Crippen molar-refractivity contribution in [3.05, 3.63) is 16.0 Å². The number of nitrogens with two attached hydrogens (primary N) is 1. The summed E-state index contributed by atoms with van der Waals surface area (Å²) in [4.78, 5) is 25.2. The Morgan fingerprint density at radius 1 is 1.27 bits per heavy atom. The van der Waals surface area contributed by atoms with Gasteiger partial charge in [0.2, 0.25) is 5.91 Å². The molecule has 3 N–H and O–H groups in total. The van der Waals surface area contributed by atoms with Gasteiger partial charge in [0.25, 0.3) is 0 Å². The van der Waals surface area contributed by atoms with Gasteiger partial charge in [0.15, 0.2) is 0 Å². The predicted octanol–water partition coefficient (Wildman–Crippen LogP) is 2.90. The molecule has 1 amide bonds. The molecule has 0 saturated carbocycles. The molecule has 1 aliphatic rings. The Labute approximate surface area is 141 Å². The van der Waals surface area contributed by atoms with E-state index >= 15 is 0 Å². The van der Waals surface area contributed by atoms with E-state index in [2.05, 4.69) is 5.32 Å². The molecule has 1 aromatic rings. The third-order valence-corrected chi connectivity index (χ3v) is 4.88. The van der Waals surface area contributed by atoms with Gasteiger partial charge in [-0.3, -0.25) is 4.79 Å². The van der Waals surface area contributed by atoms with Crippen molar-refractivity contribution in [3.63, 3.8) is 0 Å². The van der Waals surface area contributed by atoms with Gasteiger partial charge in [0, 0.05) is 11.3 Å². The molecule has 1 heterocycles. The summed E-state index contributed by atoms with van der Waals surface area (Å²) in [5.41, 5.74) is 7.04. The number of amides is 1. The van der Waals surface area contributed by atoms with Gasteiger partial charge >= 0.3 is 5.97 Å². The highest BCUT2D eigenvalue weighted by molar-refractivity contribution is 7.17. The molecular formula is C15H23ClN2O3S. The second kappa shape index (κ2) is 9.12. The smallest absolute Gasteiger partial charge is 0.341 e. The number of anilines is 1. The molecule has 0 unspecified atom stereocenters. The highest BCUT2D eigenvalue weighted by Crippen LogP contribution is 2.37. The number of ether oxygens (including phenoxy) is 1. The maximum Gasteiger partial charge on any atom is 0.341 e. The molecule has 0 fully saturated rings. The van der Waals surface area contributed by atoms with Gasteiger partial charge in [-0.25, -0.2) is 4.79 Å². The van der Waals surface area contributed by atoms with Gasteiger partial charge in [0.1, 0.15) is 5.00 Å². The molecule has 0 aliphatic heterocycles. The topological polar surface area (TPSA) is 81.4 Å². The van der Waals surface area contributed by atoms with Crippen LogP contribution in [0.4, 0.5) is 5.00 Å². The first-order valence-electron chi connectivity index (χ1n) is 7.40. The third kappa shape index (κ3) is 4.44. The van der Waals surface area contributed by atoms with Gasteiger partial charge in [-0.05, 0) is 44.2 Å². The van der Waals surface area contributed by atoms with Crippen molar-refractivity contribution in [1.82, 2.24) is 0 Å². The number of rotatable bonds is 5. The molecule has 2 rings (SSSR count). The quantitative estimate of drug-likeness (QED) is 0.634. The SMILES string of the molecule is COC(=O)c1c(NC(=O)CCCN)sc2c1CCCCC2.Cl. The van der Waals surface area contributed by atoms with Crippen LogP contribution in [0.2, 0.25) is 0 Å². The van der Waals surface area contributed by atoms with E-state index in [0.29, 0.717) is 30.0 Å². The molecule has 0 radical (unpaired) electrons. The number of nitrogens with one attached hydrogen (secondary N) is 1. The van der Waals surface area contributed by atoms with E-state index in [1.165, 1.54) is 29.7 Å². The van der Waals surface area contributed by atoms with Gasteiger partial charge in [-0.15, -0.1) is 23.7 Å². The average molecular weight is 347 g/mol. The first-order valence-corrected chi connectivity index (χ1v) is 8.21. The molecule has 0 bridgehead atoms. The second-order valence-corrected chi connectivity index (χ2v) is 6.31. The Morgan fingerprint density at radius 2 is 2.00 bits per heavy atom. The summed E-state index contributed by atoms with van der Waals surface area (Å²) in [6.45, 7) is 0.484. The van der Waals surface area contributed by atoms with Gasteiger partial charge < -0.3 is 15.8 Å². The highest BCUT2D eigenvalue weighted by Gasteiger charge is 2.26. The zero-order chi connectivity index (χ0) is 15.2. The summed E-state index contributed by atoms with van der Waals surface area (Å²) in [6.07, 6.45) is 6.27. The van der Waals surface area contributed by atoms with Crippen LogP contribution in [0.25, 0.3) is 0 Å². The van der Waals surface area contributed by atoms with Crippen molar-refractivity contribution >= 4 is 40.6 Å². The summed E-state index contributed by atoms with van der Waals surface area (Å²) in [5, 5.41) is 3.50. The Morgan fingerprint density at radius 3 is 2.68 bits per heavy atom. The minimum absolute atomic E-state index is 0. The zero-order valence-corrected chi connectivity index (χ0v) is 14.4. The maximum absolute atomic E-state index is 12.1. The van der Waals surface area contributed by atoms with Crippen LogP contribution in [0.3, 0.4) is 0 Å². The molecule has 0 spiro atoms. The van der Waals surface area contributed by atoms with E-state index in [-0.39, 0.29) is 24.3 Å². The molecule has 22 heavy (non-hydrogen) atoms. The van der Waals surface area contributed by atoms with Crippen molar-refractivity contribution in [1.29, 1.82) is 0 Å². The largest absolute Gasteiger partial charge is 0.465 e. The van der Waals surface area contributed by atoms with E-state index < -0.39 is 0 Å². The maximum atomic E-state index is 12.1. The number of hydrogen-bond acceptors (Lipinski definition) is 5. The van der Waals surface area contributed by atoms with E-state index in [1.807, 2.05) is 0 Å². The molecule has 0 atom stereocenters. The molecule has 5 nitrogen and oxygen atoms in total. The monoisotopic (exact) mass is 346 g/mol. The number of methoxy groups -OCH3 is 1. The Balaban J connectivity index is 0.00000242. The van der Waals surface area contributed by atoms with Crippen LogP contribution in [-0.4, -0.2) is 25.5 Å². The van der Waals surface area contributed by atoms with Crippen LogP contribution in [0.1, 0.15) is 52.9 Å². The fraction of sp³-hybridized carbons (Fsp3) is 0.600. The Kier molecular flexibility index (Phi) is 7.85. The summed E-state index contributed by atoms with van der Waals surface area (Å²) < 4.78 is 4.90. The van der Waals surface area contributed by atoms with Crippen LogP contribution in [0.15, 0.2) is 0 Å². The lowest BCUT2D eigenvalue weighted by Crippen LogP contribution is -2.15. The van der Waals surface area contributed by atoms with Gasteiger partial charge in [-0.1, -0.05) is 6.42 Å². The zero-order valence-electron chi connectivity index (χ0n) is 12.8. The molecule has 7 heteroatoms. The predicted molar refractivity (Wildman–Crippen MR) is 91.1 cm³/mol. The number of halogens is 1. The molecule has 1 aliphatic carbocycles. The van der Waals surface area contributed by atoms with Crippen LogP contribution in [-0.2, 0) is 22.4 Å². The lowest BCUT2D eigenvalue weighted by molar-refractivity contribution is -0.116. The number of esters is 1. The van der Waals surface area contributed by atoms with Crippen molar-refractivity contribution in [2.45, 2.75) is 44.9 Å². The van der Waals surface area contributed by atoms with Crippen LogP contribution < -0.4 is 11.1 Å². The molecule has 0 saturated heterocycles. The Bertz CT molecular complexity index is 531. The standard InChI is InChI=1S/C15H22N2O3S.ClH/c1-20-15(19)13-10-6-3-2-4-7-11(10)21-14(13)17-12(18)8-5-9-16;/h2-9,16H2,1H3,(H,17,18);1H. The van der Waals surface area contributed by atoms with Crippen LogP contribution >= 0.6 is 23.7 Å². The normalized spacial score (nSPS) is 13.5. The van der Waals surface area contributed by atoms with Crippen molar-refractivity contribution in [2.75, 3.05) is 19.0 Å².